The van der Waals surface area contributed by atoms with E-state index < -0.39 is 10.0 Å². The van der Waals surface area contributed by atoms with Crippen molar-refractivity contribution in [3.8, 4) is 22.0 Å². The van der Waals surface area contributed by atoms with Crippen LogP contribution in [0, 0.1) is 6.92 Å². The molecule has 0 bridgehead atoms. The molecule has 25 heavy (non-hydrogen) atoms. The van der Waals surface area contributed by atoms with Gasteiger partial charge in [-0.2, -0.15) is 0 Å². The van der Waals surface area contributed by atoms with Crippen LogP contribution >= 0.6 is 22.9 Å². The first-order chi connectivity index (χ1) is 11.8. The summed E-state index contributed by atoms with van der Waals surface area (Å²) in [6.07, 6.45) is 0. The van der Waals surface area contributed by atoms with Crippen molar-refractivity contribution in [2.24, 2.45) is 7.05 Å². The molecule has 0 atom stereocenters. The van der Waals surface area contributed by atoms with E-state index in [0.29, 0.717) is 17.3 Å². The van der Waals surface area contributed by atoms with Crippen LogP contribution in [0.2, 0.25) is 5.02 Å². The Morgan fingerprint density at radius 2 is 2.08 bits per heavy atom. The molecule has 0 aliphatic rings. The third-order valence-electron chi connectivity index (χ3n) is 3.96. The van der Waals surface area contributed by atoms with Crippen molar-refractivity contribution in [1.82, 2.24) is 14.3 Å². The molecule has 1 aromatic carbocycles. The minimum absolute atomic E-state index is 0.284. The maximum Gasteiger partial charge on any atom is 0.242 e. The van der Waals surface area contributed by atoms with E-state index in [2.05, 4.69) is 9.71 Å². The maximum atomic E-state index is 12.4. The van der Waals surface area contributed by atoms with Gasteiger partial charge in [-0.3, -0.25) is 0 Å². The van der Waals surface area contributed by atoms with Crippen LogP contribution in [0.3, 0.4) is 0 Å². The van der Waals surface area contributed by atoms with Gasteiger partial charge in [0.05, 0.1) is 11.4 Å². The fourth-order valence-corrected chi connectivity index (χ4v) is 4.99. The van der Waals surface area contributed by atoms with E-state index in [1.54, 1.807) is 19.9 Å². The van der Waals surface area contributed by atoms with Gasteiger partial charge in [0.25, 0.3) is 0 Å². The van der Waals surface area contributed by atoms with Crippen LogP contribution in [-0.4, -0.2) is 24.5 Å². The van der Waals surface area contributed by atoms with Crippen molar-refractivity contribution < 1.29 is 8.42 Å². The Hall–Kier alpha value is -1.67. The molecule has 132 valence electrons. The summed E-state index contributed by atoms with van der Waals surface area (Å²) < 4.78 is 29.1. The minimum atomic E-state index is -3.51. The number of sulfonamides is 1. The topological polar surface area (TPSA) is 64.0 Å². The van der Waals surface area contributed by atoms with Crippen LogP contribution in [0.1, 0.15) is 12.6 Å². The maximum absolute atomic E-state index is 12.4. The summed E-state index contributed by atoms with van der Waals surface area (Å²) in [6.45, 7) is 3.90. The molecule has 2 aromatic heterocycles. The highest BCUT2D eigenvalue weighted by atomic mass is 35.5. The van der Waals surface area contributed by atoms with Gasteiger partial charge >= 0.3 is 0 Å². The Balaban J connectivity index is 2.04. The predicted octanol–water partition coefficient (Wildman–Crippen LogP) is 4.08. The van der Waals surface area contributed by atoms with Gasteiger partial charge in [-0.05, 0) is 25.1 Å². The normalized spacial score (nSPS) is 11.8. The molecule has 0 spiro atoms. The lowest BCUT2D eigenvalue weighted by atomic mass is 10.2. The van der Waals surface area contributed by atoms with Crippen LogP contribution in [0.25, 0.3) is 22.0 Å². The second kappa shape index (κ2) is 6.92. The Kier molecular flexibility index (Phi) is 5.02. The van der Waals surface area contributed by atoms with Crippen LogP contribution in [-0.2, 0) is 17.1 Å². The molecule has 2 heterocycles. The summed E-state index contributed by atoms with van der Waals surface area (Å²) >= 11 is 7.52. The van der Waals surface area contributed by atoms with E-state index in [9.17, 15) is 8.42 Å². The van der Waals surface area contributed by atoms with E-state index >= 15 is 0 Å². The molecule has 8 heteroatoms. The van der Waals surface area contributed by atoms with E-state index in [1.165, 1.54) is 11.3 Å². The fourth-order valence-electron chi connectivity index (χ4n) is 2.59. The number of hydrogen-bond donors (Lipinski definition) is 1. The van der Waals surface area contributed by atoms with Gasteiger partial charge in [0.15, 0.2) is 0 Å². The molecule has 0 saturated heterocycles. The molecule has 0 saturated carbocycles. The second-order valence-electron chi connectivity index (χ2n) is 5.59. The summed E-state index contributed by atoms with van der Waals surface area (Å²) in [7, 11) is -1.67. The van der Waals surface area contributed by atoms with Gasteiger partial charge in [0, 0.05) is 35.3 Å². The lowest BCUT2D eigenvalue weighted by Crippen LogP contribution is -2.23. The van der Waals surface area contributed by atoms with E-state index in [4.69, 9.17) is 11.6 Å². The minimum Gasteiger partial charge on any atom is -0.345 e. The first-order valence-electron chi connectivity index (χ1n) is 7.71. The lowest BCUT2D eigenvalue weighted by Gasteiger charge is -2.04. The zero-order chi connectivity index (χ0) is 18.2. The Morgan fingerprint density at radius 1 is 1.32 bits per heavy atom. The van der Waals surface area contributed by atoms with Gasteiger partial charge in [-0.25, -0.2) is 18.1 Å². The number of nitrogens with zero attached hydrogens (tertiary/aromatic N) is 2. The highest BCUT2D eigenvalue weighted by Gasteiger charge is 2.22. The average Bonchev–Trinajstić information content (AvgIpc) is 3.14. The third kappa shape index (κ3) is 3.50. The Bertz CT molecular complexity index is 1020. The van der Waals surface area contributed by atoms with E-state index in [0.717, 1.165) is 22.0 Å². The molecule has 3 rings (SSSR count). The fraction of sp³-hybridized carbons (Fsp3) is 0.235. The van der Waals surface area contributed by atoms with E-state index in [1.807, 2.05) is 41.3 Å². The number of nitrogens with one attached hydrogen (secondary N) is 1. The van der Waals surface area contributed by atoms with Crippen molar-refractivity contribution >= 4 is 33.0 Å². The third-order valence-corrected chi connectivity index (χ3v) is 6.72. The Labute approximate surface area is 156 Å². The Morgan fingerprint density at radius 3 is 2.76 bits per heavy atom. The predicted molar refractivity (Wildman–Crippen MR) is 103 cm³/mol. The molecule has 1 N–H and O–H groups in total. The van der Waals surface area contributed by atoms with Crippen LogP contribution in [0.4, 0.5) is 0 Å². The van der Waals surface area contributed by atoms with Crippen molar-refractivity contribution in [3.63, 3.8) is 0 Å². The molecule has 0 aliphatic carbocycles. The highest BCUT2D eigenvalue weighted by molar-refractivity contribution is 7.89. The summed E-state index contributed by atoms with van der Waals surface area (Å²) in [5.41, 5.74) is 3.20. The zero-order valence-electron chi connectivity index (χ0n) is 14.1. The number of hydrogen-bond acceptors (Lipinski definition) is 4. The van der Waals surface area contributed by atoms with E-state index in [-0.39, 0.29) is 4.90 Å². The molecule has 5 nitrogen and oxygen atoms in total. The summed E-state index contributed by atoms with van der Waals surface area (Å²) in [5, 5.41) is 3.36. The van der Waals surface area contributed by atoms with Crippen LogP contribution < -0.4 is 4.72 Å². The summed E-state index contributed by atoms with van der Waals surface area (Å²) in [5.74, 6) is 0. The van der Waals surface area contributed by atoms with Crippen LogP contribution in [0.5, 0.6) is 0 Å². The highest BCUT2D eigenvalue weighted by Crippen LogP contribution is 2.33. The standard InChI is InChI=1S/C17H18ClN3O2S2/c1-4-19-25(22,23)16-9-15(21(3)11(16)2)17-20-14(10-24-17)12-6-5-7-13(18)8-12/h5-10,19H,4H2,1-3H3. The number of halogens is 1. The first-order valence-corrected chi connectivity index (χ1v) is 10.5. The summed E-state index contributed by atoms with van der Waals surface area (Å²) in [6, 6.07) is 9.18. The van der Waals surface area contributed by atoms with Crippen molar-refractivity contribution in [1.29, 1.82) is 0 Å². The molecule has 0 fully saturated rings. The molecule has 3 aromatic rings. The smallest absolute Gasteiger partial charge is 0.242 e. The van der Waals surface area contributed by atoms with Gasteiger partial charge in [0.2, 0.25) is 10.0 Å². The molecule has 0 aliphatic heterocycles. The summed E-state index contributed by atoms with van der Waals surface area (Å²) in [4.78, 5) is 4.94. The van der Waals surface area contributed by atoms with Crippen molar-refractivity contribution in [3.05, 3.63) is 46.4 Å². The first kappa shape index (κ1) is 18.1. The monoisotopic (exact) mass is 395 g/mol. The SMILES string of the molecule is CCNS(=O)(=O)c1cc(-c2nc(-c3cccc(Cl)c3)cs2)n(C)c1C. The zero-order valence-corrected chi connectivity index (χ0v) is 16.5. The van der Waals surface area contributed by atoms with Gasteiger partial charge in [0.1, 0.15) is 9.90 Å². The lowest BCUT2D eigenvalue weighted by molar-refractivity contribution is 0.583. The molecular weight excluding hydrogens is 378 g/mol. The molecule has 0 amide bonds. The second-order valence-corrected chi connectivity index (χ2v) is 8.62. The number of thiazole rings is 1. The van der Waals surface area contributed by atoms with Gasteiger partial charge in [-0.15, -0.1) is 11.3 Å². The van der Waals surface area contributed by atoms with Gasteiger partial charge < -0.3 is 4.57 Å². The van der Waals surface area contributed by atoms with Crippen molar-refractivity contribution in [2.45, 2.75) is 18.7 Å². The molecule has 0 radical (unpaired) electrons. The average molecular weight is 396 g/mol. The van der Waals surface area contributed by atoms with Gasteiger partial charge in [-0.1, -0.05) is 30.7 Å². The largest absolute Gasteiger partial charge is 0.345 e. The number of benzene rings is 1. The van der Waals surface area contributed by atoms with Crippen LogP contribution in [0.15, 0.2) is 40.6 Å². The molecular formula is C17H18ClN3O2S2. The quantitative estimate of drug-likeness (QED) is 0.708. The number of aromatic nitrogens is 2. The number of rotatable bonds is 5. The molecule has 0 unspecified atom stereocenters. The van der Waals surface area contributed by atoms with Crippen molar-refractivity contribution in [2.75, 3.05) is 6.54 Å².